The van der Waals surface area contributed by atoms with Crippen LogP contribution in [0.3, 0.4) is 0 Å². The maximum absolute atomic E-state index is 14.2. The zero-order chi connectivity index (χ0) is 13.2. The molecular weight excluding hydrogens is 237 g/mol. The number of fused-ring (bicyclic) bond motifs is 1. The first kappa shape index (κ1) is 13.0. The lowest BCUT2D eigenvalue weighted by Crippen LogP contribution is -2.42. The Hall–Kier alpha value is -1.05. The molecule has 1 nitrogen and oxygen atoms in total. The number of nitrogens with zero attached hydrogens (tertiary/aromatic N) is 1. The van der Waals surface area contributed by atoms with Gasteiger partial charge in [-0.15, -0.1) is 0 Å². The minimum absolute atomic E-state index is 0.0337. The molecule has 1 saturated heterocycles. The summed E-state index contributed by atoms with van der Waals surface area (Å²) < 4.78 is 14.2. The lowest BCUT2D eigenvalue weighted by atomic mass is 9.75. The lowest BCUT2D eigenvalue weighted by molar-refractivity contribution is 0.202. The fourth-order valence-electron chi connectivity index (χ4n) is 3.85. The Bertz CT molecular complexity index is 443. The van der Waals surface area contributed by atoms with Crippen LogP contribution in [-0.2, 0) is 6.42 Å². The molecule has 1 aliphatic heterocycles. The van der Waals surface area contributed by atoms with E-state index in [2.05, 4.69) is 17.9 Å². The fraction of sp³-hybridized carbons (Fsp3) is 0.647. The Labute approximate surface area is 115 Å². The van der Waals surface area contributed by atoms with Crippen LogP contribution in [0.4, 0.5) is 10.1 Å². The van der Waals surface area contributed by atoms with Gasteiger partial charge in [-0.3, -0.25) is 0 Å². The van der Waals surface area contributed by atoms with Gasteiger partial charge in [0.2, 0.25) is 0 Å². The van der Waals surface area contributed by atoms with E-state index in [9.17, 15) is 4.39 Å². The number of hydrogen-bond donors (Lipinski definition) is 0. The quantitative estimate of drug-likeness (QED) is 0.762. The van der Waals surface area contributed by atoms with Crippen molar-refractivity contribution in [2.45, 2.75) is 45.4 Å². The summed E-state index contributed by atoms with van der Waals surface area (Å²) in [6.45, 7) is 4.17. The summed E-state index contributed by atoms with van der Waals surface area (Å²) in [5.41, 5.74) is 1.91. The van der Waals surface area contributed by atoms with Crippen molar-refractivity contribution in [1.29, 1.82) is 0 Å². The molecule has 1 aromatic carbocycles. The fourth-order valence-corrected chi connectivity index (χ4v) is 3.85. The first-order valence-electron chi connectivity index (χ1n) is 7.81. The van der Waals surface area contributed by atoms with Gasteiger partial charge in [-0.05, 0) is 48.8 Å². The number of anilines is 1. The van der Waals surface area contributed by atoms with Gasteiger partial charge in [-0.25, -0.2) is 4.39 Å². The molecule has 0 radical (unpaired) electrons. The van der Waals surface area contributed by atoms with Gasteiger partial charge < -0.3 is 4.90 Å². The molecule has 0 amide bonds. The molecule has 0 aromatic heterocycles. The highest BCUT2D eigenvalue weighted by Gasteiger charge is 2.31. The van der Waals surface area contributed by atoms with E-state index in [0.717, 1.165) is 42.6 Å². The first-order chi connectivity index (χ1) is 9.28. The van der Waals surface area contributed by atoms with Crippen LogP contribution in [0.2, 0.25) is 0 Å². The van der Waals surface area contributed by atoms with Crippen LogP contribution >= 0.6 is 0 Å². The van der Waals surface area contributed by atoms with Crippen LogP contribution in [0.15, 0.2) is 18.2 Å². The zero-order valence-corrected chi connectivity index (χ0v) is 11.9. The van der Waals surface area contributed by atoms with Crippen molar-refractivity contribution < 1.29 is 4.39 Å². The smallest absolute Gasteiger partial charge is 0.146 e. The molecule has 2 atom stereocenters. The first-order valence-corrected chi connectivity index (χ1v) is 7.81. The second kappa shape index (κ2) is 5.52. The molecule has 0 N–H and O–H groups in total. The summed E-state index contributed by atoms with van der Waals surface area (Å²) in [5, 5.41) is 0. The van der Waals surface area contributed by atoms with Crippen molar-refractivity contribution in [1.82, 2.24) is 0 Å². The number of benzene rings is 1. The minimum Gasteiger partial charge on any atom is -0.369 e. The van der Waals surface area contributed by atoms with Gasteiger partial charge in [0.1, 0.15) is 5.82 Å². The Kier molecular flexibility index (Phi) is 3.76. The number of hydrogen-bond acceptors (Lipinski definition) is 1. The van der Waals surface area contributed by atoms with Gasteiger partial charge in [-0.1, -0.05) is 32.3 Å². The van der Waals surface area contributed by atoms with Gasteiger partial charge in [-0.2, -0.15) is 0 Å². The van der Waals surface area contributed by atoms with E-state index in [1.165, 1.54) is 32.1 Å². The molecule has 2 heteroatoms. The maximum atomic E-state index is 14.2. The molecule has 1 heterocycles. The Morgan fingerprint density at radius 1 is 1.16 bits per heavy atom. The monoisotopic (exact) mass is 261 g/mol. The molecule has 2 aliphatic rings. The topological polar surface area (TPSA) is 3.24 Å². The highest BCUT2D eigenvalue weighted by molar-refractivity contribution is 5.49. The third-order valence-electron chi connectivity index (χ3n) is 5.05. The molecule has 0 bridgehead atoms. The van der Waals surface area contributed by atoms with Gasteiger partial charge >= 0.3 is 0 Å². The second-order valence-corrected chi connectivity index (χ2v) is 6.18. The predicted molar refractivity (Wildman–Crippen MR) is 78.1 cm³/mol. The molecular formula is C17H24FN. The molecule has 1 saturated carbocycles. The molecule has 0 unspecified atom stereocenters. The van der Waals surface area contributed by atoms with E-state index in [0.29, 0.717) is 0 Å². The van der Waals surface area contributed by atoms with Crippen molar-refractivity contribution >= 4 is 5.69 Å². The third-order valence-corrected chi connectivity index (χ3v) is 5.05. The Morgan fingerprint density at radius 3 is 2.68 bits per heavy atom. The second-order valence-electron chi connectivity index (χ2n) is 6.18. The van der Waals surface area contributed by atoms with Crippen LogP contribution < -0.4 is 4.90 Å². The average Bonchev–Trinajstić information content (AvgIpc) is 2.46. The lowest BCUT2D eigenvalue weighted by Gasteiger charge is -2.42. The summed E-state index contributed by atoms with van der Waals surface area (Å²) >= 11 is 0. The SMILES string of the molecule is CCc1ccc(N2CC[C@H]3CCCC[C@@H]3C2)c(F)c1. The predicted octanol–water partition coefficient (Wildman–Crippen LogP) is 4.40. The van der Waals surface area contributed by atoms with Gasteiger partial charge in [0.05, 0.1) is 5.69 Å². The van der Waals surface area contributed by atoms with E-state index in [-0.39, 0.29) is 5.82 Å². The summed E-state index contributed by atoms with van der Waals surface area (Å²) in [6.07, 6.45) is 7.67. The summed E-state index contributed by atoms with van der Waals surface area (Å²) in [4.78, 5) is 2.28. The third kappa shape index (κ3) is 2.63. The summed E-state index contributed by atoms with van der Waals surface area (Å²) in [6, 6.07) is 5.77. The van der Waals surface area contributed by atoms with Crippen molar-refractivity contribution in [2.24, 2.45) is 11.8 Å². The molecule has 19 heavy (non-hydrogen) atoms. The van der Waals surface area contributed by atoms with Crippen LogP contribution in [0, 0.1) is 17.7 Å². The van der Waals surface area contributed by atoms with E-state index >= 15 is 0 Å². The highest BCUT2D eigenvalue weighted by atomic mass is 19.1. The molecule has 1 aromatic rings. The Balaban J connectivity index is 1.75. The number of piperidine rings is 1. The normalized spacial score (nSPS) is 27.2. The Morgan fingerprint density at radius 2 is 1.95 bits per heavy atom. The van der Waals surface area contributed by atoms with Crippen molar-refractivity contribution in [3.05, 3.63) is 29.6 Å². The average molecular weight is 261 g/mol. The van der Waals surface area contributed by atoms with Crippen molar-refractivity contribution in [3.8, 4) is 0 Å². The van der Waals surface area contributed by atoms with E-state index < -0.39 is 0 Å². The van der Waals surface area contributed by atoms with Crippen LogP contribution in [0.1, 0.15) is 44.6 Å². The van der Waals surface area contributed by atoms with Crippen molar-refractivity contribution in [3.63, 3.8) is 0 Å². The van der Waals surface area contributed by atoms with Crippen LogP contribution in [0.25, 0.3) is 0 Å². The number of rotatable bonds is 2. The number of aryl methyl sites for hydroxylation is 1. The van der Waals surface area contributed by atoms with E-state index in [1.807, 2.05) is 6.07 Å². The summed E-state index contributed by atoms with van der Waals surface area (Å²) in [7, 11) is 0. The molecule has 1 aliphatic carbocycles. The maximum Gasteiger partial charge on any atom is 0.146 e. The molecule has 3 rings (SSSR count). The largest absolute Gasteiger partial charge is 0.369 e. The van der Waals surface area contributed by atoms with Gasteiger partial charge in [0.15, 0.2) is 0 Å². The number of halogens is 1. The standard InChI is InChI=1S/C17H24FN/c1-2-13-7-8-17(16(18)11-13)19-10-9-14-5-3-4-6-15(14)12-19/h7-8,11,14-15H,2-6,9-10,12H2,1H3/t14-,15-/m1/s1. The van der Waals surface area contributed by atoms with Gasteiger partial charge in [0, 0.05) is 13.1 Å². The zero-order valence-electron chi connectivity index (χ0n) is 11.9. The van der Waals surface area contributed by atoms with Crippen LogP contribution in [0.5, 0.6) is 0 Å². The highest BCUT2D eigenvalue weighted by Crippen LogP contribution is 2.38. The van der Waals surface area contributed by atoms with E-state index in [1.54, 1.807) is 6.07 Å². The van der Waals surface area contributed by atoms with Crippen LogP contribution in [-0.4, -0.2) is 13.1 Å². The molecule has 104 valence electrons. The molecule has 2 fully saturated rings. The van der Waals surface area contributed by atoms with E-state index in [4.69, 9.17) is 0 Å². The van der Waals surface area contributed by atoms with Crippen molar-refractivity contribution in [2.75, 3.05) is 18.0 Å². The molecule has 0 spiro atoms. The minimum atomic E-state index is -0.0337. The van der Waals surface area contributed by atoms with Gasteiger partial charge in [0.25, 0.3) is 0 Å². The summed E-state index contributed by atoms with van der Waals surface area (Å²) in [5.74, 6) is 1.67.